The summed E-state index contributed by atoms with van der Waals surface area (Å²) in [5.41, 5.74) is 3.41. The maximum Gasteiger partial charge on any atom is 0.119 e. The molecule has 2 saturated carbocycles. The Kier molecular flexibility index (Phi) is 19.9. The summed E-state index contributed by atoms with van der Waals surface area (Å²) in [4.78, 5) is 0. The molecule has 0 saturated heterocycles. The lowest BCUT2D eigenvalue weighted by atomic mass is 9.78. The smallest absolute Gasteiger partial charge is 0.119 e. The van der Waals surface area contributed by atoms with Gasteiger partial charge in [0.2, 0.25) is 0 Å². The molecule has 1 atom stereocenters. The third-order valence-electron chi connectivity index (χ3n) is 12.4. The summed E-state index contributed by atoms with van der Waals surface area (Å²) in [6, 6.07) is 27.3. The van der Waals surface area contributed by atoms with Gasteiger partial charge in [0.15, 0.2) is 0 Å². The van der Waals surface area contributed by atoms with Crippen molar-refractivity contribution in [2.75, 3.05) is 19.8 Å². The number of benzene rings is 3. The molecule has 0 amide bonds. The number of unbranched alkanes of at least 4 members (excludes halogenated alkanes) is 4. The molecule has 0 radical (unpaired) electrons. The molecule has 5 rings (SSSR count). The van der Waals surface area contributed by atoms with Crippen molar-refractivity contribution in [2.24, 2.45) is 23.7 Å². The molecule has 0 N–H and O–H groups in total. The van der Waals surface area contributed by atoms with Crippen LogP contribution in [-0.4, -0.2) is 19.8 Å². The van der Waals surface area contributed by atoms with E-state index in [1.54, 1.807) is 0 Å². The van der Waals surface area contributed by atoms with Crippen LogP contribution in [0.15, 0.2) is 78.9 Å². The molecule has 4 heteroatoms. The van der Waals surface area contributed by atoms with Gasteiger partial charge in [-0.25, -0.2) is 0 Å². The fraction of sp³-hybridized carbons (Fsp3) is 0.640. The summed E-state index contributed by atoms with van der Waals surface area (Å²) in [6.07, 6.45) is 27.5. The molecule has 0 aliphatic heterocycles. The van der Waals surface area contributed by atoms with Crippen LogP contribution in [0.4, 0.5) is 0 Å². The van der Waals surface area contributed by atoms with Gasteiger partial charge >= 0.3 is 0 Å². The molecule has 3 aromatic rings. The Morgan fingerprint density at radius 1 is 0.481 bits per heavy atom. The van der Waals surface area contributed by atoms with Crippen LogP contribution in [0.2, 0.25) is 0 Å². The summed E-state index contributed by atoms with van der Waals surface area (Å²) in [5, 5.41) is 0. The van der Waals surface area contributed by atoms with Crippen molar-refractivity contribution in [1.82, 2.24) is 0 Å². The second-order valence-electron chi connectivity index (χ2n) is 16.8. The Morgan fingerprint density at radius 3 is 1.35 bits per heavy atom. The van der Waals surface area contributed by atoms with E-state index in [-0.39, 0.29) is 6.10 Å². The highest BCUT2D eigenvalue weighted by Gasteiger charge is 2.22. The van der Waals surface area contributed by atoms with E-state index >= 15 is 0 Å². The molecule has 1 unspecified atom stereocenters. The molecule has 2 aliphatic carbocycles. The van der Waals surface area contributed by atoms with Crippen molar-refractivity contribution in [3.05, 3.63) is 95.6 Å². The molecule has 3 aromatic carbocycles. The van der Waals surface area contributed by atoms with E-state index in [1.807, 2.05) is 6.07 Å². The summed E-state index contributed by atoms with van der Waals surface area (Å²) in [7, 11) is 0. The van der Waals surface area contributed by atoms with E-state index in [4.69, 9.17) is 18.9 Å². The Labute approximate surface area is 330 Å². The predicted molar refractivity (Wildman–Crippen MR) is 225 cm³/mol. The maximum absolute atomic E-state index is 6.45. The van der Waals surface area contributed by atoms with Crippen LogP contribution in [0.3, 0.4) is 0 Å². The van der Waals surface area contributed by atoms with E-state index < -0.39 is 0 Å². The first-order chi connectivity index (χ1) is 26.7. The number of rotatable bonds is 26. The summed E-state index contributed by atoms with van der Waals surface area (Å²) in [6.45, 7) is 7.77. The van der Waals surface area contributed by atoms with E-state index in [0.29, 0.717) is 19.8 Å². The highest BCUT2D eigenvalue weighted by atomic mass is 16.5. The van der Waals surface area contributed by atoms with Gasteiger partial charge in [-0.1, -0.05) is 171 Å². The fourth-order valence-electron chi connectivity index (χ4n) is 8.86. The third-order valence-corrected chi connectivity index (χ3v) is 12.4. The first-order valence-corrected chi connectivity index (χ1v) is 22.4. The van der Waals surface area contributed by atoms with E-state index in [0.717, 1.165) is 77.9 Å². The van der Waals surface area contributed by atoms with E-state index in [2.05, 4.69) is 86.6 Å². The Balaban J connectivity index is 0.947. The van der Waals surface area contributed by atoms with Crippen molar-refractivity contribution in [1.29, 1.82) is 0 Å². The Morgan fingerprint density at radius 2 is 0.907 bits per heavy atom. The van der Waals surface area contributed by atoms with Gasteiger partial charge < -0.3 is 18.9 Å². The van der Waals surface area contributed by atoms with Gasteiger partial charge in [0.05, 0.1) is 33.0 Å². The monoisotopic (exact) mass is 739 g/mol. The molecule has 0 heterocycles. The van der Waals surface area contributed by atoms with E-state index in [9.17, 15) is 0 Å². The lowest BCUT2D eigenvalue weighted by Crippen LogP contribution is -2.15. The van der Waals surface area contributed by atoms with Crippen molar-refractivity contribution >= 4 is 0 Å². The van der Waals surface area contributed by atoms with Gasteiger partial charge in [-0.05, 0) is 90.3 Å². The van der Waals surface area contributed by atoms with Crippen LogP contribution in [0.1, 0.15) is 165 Å². The topological polar surface area (TPSA) is 36.9 Å². The largest absolute Gasteiger partial charge is 0.494 e. The van der Waals surface area contributed by atoms with E-state index in [1.165, 1.54) is 116 Å². The van der Waals surface area contributed by atoms with Crippen LogP contribution >= 0.6 is 0 Å². The lowest BCUT2D eigenvalue weighted by molar-refractivity contribution is -0.0313. The van der Waals surface area contributed by atoms with Gasteiger partial charge in [0, 0.05) is 0 Å². The summed E-state index contributed by atoms with van der Waals surface area (Å²) < 4.78 is 24.9. The van der Waals surface area contributed by atoms with Crippen LogP contribution in [0, 0.1) is 23.7 Å². The van der Waals surface area contributed by atoms with Gasteiger partial charge in [-0.15, -0.1) is 0 Å². The van der Waals surface area contributed by atoms with Crippen LogP contribution < -0.4 is 9.47 Å². The second kappa shape index (κ2) is 25.4. The van der Waals surface area contributed by atoms with Gasteiger partial charge in [0.25, 0.3) is 0 Å². The van der Waals surface area contributed by atoms with Crippen molar-refractivity contribution in [3.8, 4) is 11.5 Å². The standard InChI is InChI=1S/C50H74O4/c1-3-5-8-14-41-20-24-43(25-21-41)16-12-36-52-48-32-28-45(29-33-48)38-51-40-50(47-18-10-7-11-19-47)54-39-46-30-34-49(35-31-46)53-37-13-17-44-26-22-42(23-27-44)15-9-6-4-2/h7,10-11,18-19,28-35,41-44,50H,3-6,8-9,12-17,20-27,36-40H2,1-2H3. The SMILES string of the molecule is CCCCCC1CCC(CCCOc2ccc(COCC(OCc3ccc(OCCCC4CCC(CCCCC)CC4)cc3)c3ccccc3)cc2)CC1. The second-order valence-corrected chi connectivity index (χ2v) is 16.8. The molecule has 2 aliphatic rings. The molecule has 54 heavy (non-hydrogen) atoms. The van der Waals surface area contributed by atoms with Crippen LogP contribution in [-0.2, 0) is 22.7 Å². The highest BCUT2D eigenvalue weighted by Crippen LogP contribution is 2.35. The zero-order valence-corrected chi connectivity index (χ0v) is 34.2. The first kappa shape index (κ1) is 42.3. The minimum atomic E-state index is -0.146. The molecule has 298 valence electrons. The lowest BCUT2D eigenvalue weighted by Gasteiger charge is -2.28. The van der Waals surface area contributed by atoms with Crippen molar-refractivity contribution < 1.29 is 18.9 Å². The zero-order chi connectivity index (χ0) is 37.5. The minimum Gasteiger partial charge on any atom is -0.494 e. The van der Waals surface area contributed by atoms with Crippen molar-refractivity contribution in [3.63, 3.8) is 0 Å². The zero-order valence-electron chi connectivity index (χ0n) is 34.2. The normalized spacial score (nSPS) is 20.8. The number of hydrogen-bond donors (Lipinski definition) is 0. The summed E-state index contributed by atoms with van der Waals surface area (Å²) in [5.74, 6) is 5.68. The maximum atomic E-state index is 6.45. The summed E-state index contributed by atoms with van der Waals surface area (Å²) >= 11 is 0. The average Bonchev–Trinajstić information content (AvgIpc) is 3.22. The molecule has 2 fully saturated rings. The van der Waals surface area contributed by atoms with Crippen LogP contribution in [0.5, 0.6) is 11.5 Å². The van der Waals surface area contributed by atoms with Gasteiger partial charge in [-0.3, -0.25) is 0 Å². The molecular formula is C50H74O4. The van der Waals surface area contributed by atoms with Gasteiger partial charge in [0.1, 0.15) is 17.6 Å². The third kappa shape index (κ3) is 16.1. The Bertz CT molecular complexity index is 1340. The average molecular weight is 739 g/mol. The first-order valence-electron chi connectivity index (χ1n) is 22.4. The Hall–Kier alpha value is -2.82. The highest BCUT2D eigenvalue weighted by molar-refractivity contribution is 5.28. The van der Waals surface area contributed by atoms with Crippen molar-refractivity contribution in [2.45, 2.75) is 162 Å². The minimum absolute atomic E-state index is 0.146. The molecule has 0 aromatic heterocycles. The molecule has 0 bridgehead atoms. The number of hydrogen-bond acceptors (Lipinski definition) is 4. The molecular weight excluding hydrogens is 665 g/mol. The fourth-order valence-corrected chi connectivity index (χ4v) is 8.86. The molecule has 0 spiro atoms. The number of ether oxygens (including phenoxy) is 4. The van der Waals surface area contributed by atoms with Gasteiger partial charge in [-0.2, -0.15) is 0 Å². The molecule has 4 nitrogen and oxygen atoms in total. The van der Waals surface area contributed by atoms with Crippen LogP contribution in [0.25, 0.3) is 0 Å². The quantitative estimate of drug-likeness (QED) is 0.0769. The predicted octanol–water partition coefficient (Wildman–Crippen LogP) is 14.3.